The molecule has 0 aromatic carbocycles. The number of hydrogen-bond donors (Lipinski definition) is 1. The average Bonchev–Trinajstić information content (AvgIpc) is 2.10. The number of ketones is 1. The molecule has 0 fully saturated rings. The van der Waals surface area contributed by atoms with Gasteiger partial charge in [0.1, 0.15) is 5.78 Å². The van der Waals surface area contributed by atoms with Gasteiger partial charge in [-0.3, -0.25) is 4.79 Å². The van der Waals surface area contributed by atoms with Crippen LogP contribution >= 0.6 is 0 Å². The fourth-order valence-corrected chi connectivity index (χ4v) is 1.10. The molecule has 0 heterocycles. The summed E-state index contributed by atoms with van der Waals surface area (Å²) in [5, 5.41) is 3.27. The standard InChI is InChI=1S/C10H21NO.H2/c1-3-10(12)8-6-5-7-9-11-4-2;/h11H,3-9H2,1-2H3;1H. The van der Waals surface area contributed by atoms with Crippen molar-refractivity contribution in [2.24, 2.45) is 0 Å². The zero-order valence-electron chi connectivity index (χ0n) is 8.36. The minimum absolute atomic E-state index is 0. The molecule has 74 valence electrons. The van der Waals surface area contributed by atoms with Crippen molar-refractivity contribution in [3.05, 3.63) is 0 Å². The molecule has 0 aliphatic heterocycles. The fourth-order valence-electron chi connectivity index (χ4n) is 1.10. The molecule has 0 aliphatic rings. The van der Waals surface area contributed by atoms with E-state index in [-0.39, 0.29) is 1.43 Å². The van der Waals surface area contributed by atoms with Crippen LogP contribution in [0.25, 0.3) is 0 Å². The molecule has 0 saturated heterocycles. The largest absolute Gasteiger partial charge is 0.317 e. The minimum Gasteiger partial charge on any atom is -0.317 e. The molecule has 0 aromatic rings. The van der Waals surface area contributed by atoms with Gasteiger partial charge in [0, 0.05) is 14.3 Å². The molecule has 0 atom stereocenters. The summed E-state index contributed by atoms with van der Waals surface area (Å²) >= 11 is 0. The predicted octanol–water partition coefficient (Wildman–Crippen LogP) is 2.38. The first kappa shape index (κ1) is 11.6. The lowest BCUT2D eigenvalue weighted by atomic mass is 10.1. The maximum Gasteiger partial charge on any atom is 0.132 e. The van der Waals surface area contributed by atoms with Gasteiger partial charge in [0.05, 0.1) is 0 Å². The summed E-state index contributed by atoms with van der Waals surface area (Å²) in [5.41, 5.74) is 0. The minimum atomic E-state index is 0. The molecule has 0 saturated carbocycles. The maximum atomic E-state index is 10.9. The molecule has 0 bridgehead atoms. The summed E-state index contributed by atoms with van der Waals surface area (Å²) in [4.78, 5) is 10.9. The molecule has 0 aliphatic carbocycles. The third kappa shape index (κ3) is 7.73. The van der Waals surface area contributed by atoms with E-state index in [0.29, 0.717) is 12.2 Å². The van der Waals surface area contributed by atoms with Gasteiger partial charge in [-0.25, -0.2) is 0 Å². The highest BCUT2D eigenvalue weighted by atomic mass is 16.1. The van der Waals surface area contributed by atoms with Crippen molar-refractivity contribution in [3.63, 3.8) is 0 Å². The number of rotatable bonds is 8. The number of unbranched alkanes of at least 4 members (excludes halogenated alkanes) is 2. The highest BCUT2D eigenvalue weighted by Crippen LogP contribution is 2.01. The van der Waals surface area contributed by atoms with Gasteiger partial charge >= 0.3 is 0 Å². The zero-order chi connectivity index (χ0) is 9.23. The van der Waals surface area contributed by atoms with Crippen LogP contribution < -0.4 is 5.32 Å². The van der Waals surface area contributed by atoms with Crippen molar-refractivity contribution < 1.29 is 6.22 Å². The summed E-state index contributed by atoms with van der Waals surface area (Å²) in [6, 6.07) is 0. The van der Waals surface area contributed by atoms with Crippen molar-refractivity contribution in [1.29, 1.82) is 0 Å². The van der Waals surface area contributed by atoms with Gasteiger partial charge in [-0.05, 0) is 25.9 Å². The van der Waals surface area contributed by atoms with Gasteiger partial charge < -0.3 is 5.32 Å². The number of carbonyl (C=O) groups excluding carboxylic acids is 1. The molecule has 0 aromatic heterocycles. The zero-order valence-corrected chi connectivity index (χ0v) is 8.36. The van der Waals surface area contributed by atoms with Gasteiger partial charge in [0.25, 0.3) is 0 Å². The third-order valence-electron chi connectivity index (χ3n) is 1.95. The lowest BCUT2D eigenvalue weighted by Crippen LogP contribution is -2.13. The van der Waals surface area contributed by atoms with Crippen LogP contribution in [0.4, 0.5) is 0 Å². The molecular weight excluding hydrogens is 150 g/mol. The Labute approximate surface area is 77.2 Å². The van der Waals surface area contributed by atoms with E-state index in [1.54, 1.807) is 0 Å². The molecular formula is C10H23NO. The quantitative estimate of drug-likeness (QED) is 0.571. The molecule has 2 nitrogen and oxygen atoms in total. The van der Waals surface area contributed by atoms with E-state index in [1.165, 1.54) is 12.8 Å². The smallest absolute Gasteiger partial charge is 0.132 e. The normalized spacial score (nSPS) is 10.2. The SMILES string of the molecule is CCNCCCCCC(=O)CC.[HH]. The second-order valence-electron chi connectivity index (χ2n) is 3.06. The highest BCUT2D eigenvalue weighted by molar-refractivity contribution is 5.77. The van der Waals surface area contributed by atoms with Crippen molar-refractivity contribution in [2.45, 2.75) is 46.0 Å². The summed E-state index contributed by atoms with van der Waals surface area (Å²) in [7, 11) is 0. The number of nitrogens with one attached hydrogen (secondary N) is 1. The summed E-state index contributed by atoms with van der Waals surface area (Å²) in [5.74, 6) is 0.401. The molecule has 0 rings (SSSR count). The first-order valence-electron chi connectivity index (χ1n) is 5.03. The van der Waals surface area contributed by atoms with Gasteiger partial charge in [-0.2, -0.15) is 0 Å². The van der Waals surface area contributed by atoms with E-state index < -0.39 is 0 Å². The Balaban J connectivity index is 0. The molecule has 0 radical (unpaired) electrons. The second kappa shape index (κ2) is 8.72. The molecule has 0 spiro atoms. The van der Waals surface area contributed by atoms with E-state index in [4.69, 9.17) is 0 Å². The molecule has 0 amide bonds. The molecule has 0 unspecified atom stereocenters. The first-order valence-corrected chi connectivity index (χ1v) is 5.03. The topological polar surface area (TPSA) is 29.1 Å². The van der Waals surface area contributed by atoms with Crippen LogP contribution in [0.3, 0.4) is 0 Å². The molecule has 1 N–H and O–H groups in total. The van der Waals surface area contributed by atoms with Crippen molar-refractivity contribution in [3.8, 4) is 0 Å². The van der Waals surface area contributed by atoms with Crippen LogP contribution in [0.5, 0.6) is 0 Å². The van der Waals surface area contributed by atoms with E-state index in [2.05, 4.69) is 12.2 Å². The maximum absolute atomic E-state index is 10.9. The van der Waals surface area contributed by atoms with Gasteiger partial charge in [-0.15, -0.1) is 0 Å². The van der Waals surface area contributed by atoms with Crippen LogP contribution in [0.15, 0.2) is 0 Å². The number of hydrogen-bond acceptors (Lipinski definition) is 2. The number of carbonyl (C=O) groups is 1. The van der Waals surface area contributed by atoms with Crippen LogP contribution in [-0.4, -0.2) is 18.9 Å². The Morgan fingerprint density at radius 2 is 2.00 bits per heavy atom. The lowest BCUT2D eigenvalue weighted by Gasteiger charge is -2.00. The highest BCUT2D eigenvalue weighted by Gasteiger charge is 1.96. The Morgan fingerprint density at radius 3 is 2.58 bits per heavy atom. The van der Waals surface area contributed by atoms with Gasteiger partial charge in [0.2, 0.25) is 0 Å². The van der Waals surface area contributed by atoms with Crippen molar-refractivity contribution in [2.75, 3.05) is 13.1 Å². The van der Waals surface area contributed by atoms with Crippen LogP contribution in [0.2, 0.25) is 0 Å². The monoisotopic (exact) mass is 173 g/mol. The second-order valence-corrected chi connectivity index (χ2v) is 3.06. The molecule has 2 heteroatoms. The van der Waals surface area contributed by atoms with Crippen LogP contribution in [0.1, 0.15) is 47.4 Å². The Bertz CT molecular complexity index is 117. The third-order valence-corrected chi connectivity index (χ3v) is 1.95. The molecule has 12 heavy (non-hydrogen) atoms. The first-order chi connectivity index (χ1) is 5.81. The van der Waals surface area contributed by atoms with Gasteiger partial charge in [-0.1, -0.05) is 20.3 Å². The van der Waals surface area contributed by atoms with Crippen molar-refractivity contribution in [1.82, 2.24) is 5.32 Å². The van der Waals surface area contributed by atoms with E-state index in [1.807, 2.05) is 6.92 Å². The Kier molecular flexibility index (Phi) is 8.46. The predicted molar refractivity (Wildman–Crippen MR) is 54.4 cm³/mol. The number of Topliss-reactive ketones (excluding diaryl/α,β-unsaturated/α-hetero) is 1. The van der Waals surface area contributed by atoms with E-state index in [9.17, 15) is 4.79 Å². The Hall–Kier alpha value is -0.370. The van der Waals surface area contributed by atoms with E-state index in [0.717, 1.165) is 25.9 Å². The van der Waals surface area contributed by atoms with Gasteiger partial charge in [0.15, 0.2) is 0 Å². The van der Waals surface area contributed by atoms with E-state index >= 15 is 0 Å². The van der Waals surface area contributed by atoms with Crippen molar-refractivity contribution >= 4 is 5.78 Å². The fraction of sp³-hybridized carbons (Fsp3) is 0.900. The summed E-state index contributed by atoms with van der Waals surface area (Å²) in [6.45, 7) is 6.19. The summed E-state index contributed by atoms with van der Waals surface area (Å²) in [6.07, 6.45) is 4.93. The van der Waals surface area contributed by atoms with Crippen LogP contribution in [-0.2, 0) is 4.79 Å². The lowest BCUT2D eigenvalue weighted by molar-refractivity contribution is -0.118. The summed E-state index contributed by atoms with van der Waals surface area (Å²) < 4.78 is 0. The average molecular weight is 173 g/mol. The Morgan fingerprint density at radius 1 is 1.25 bits per heavy atom. The van der Waals surface area contributed by atoms with Crippen LogP contribution in [0, 0.1) is 0 Å².